The molecule has 0 saturated heterocycles. The molecule has 0 radical (unpaired) electrons. The molecule has 0 aliphatic heterocycles. The smallest absolute Gasteiger partial charge is 0.221 e. The topological polar surface area (TPSA) is 46.2 Å². The molecule has 1 aromatic carbocycles. The molecular weight excluding hydrogens is 197 g/mol. The molecule has 0 bridgehead atoms. The summed E-state index contributed by atoms with van der Waals surface area (Å²) in [5.41, 5.74) is 1.02. The molecule has 0 heterocycles. The number of carbonyl (C=O) groups is 2. The molecule has 3 nitrogen and oxygen atoms in total. The molecule has 1 aliphatic rings. The Hall–Kier alpha value is -1.71. The van der Waals surface area contributed by atoms with Crippen molar-refractivity contribution in [1.82, 2.24) is 0 Å². The van der Waals surface area contributed by atoms with Crippen LogP contribution in [-0.4, -0.2) is 11.7 Å². The van der Waals surface area contributed by atoms with Gasteiger partial charge in [-0.3, -0.25) is 9.59 Å². The highest BCUT2D eigenvalue weighted by Crippen LogP contribution is 2.29. The average Bonchev–Trinajstić information content (AvgIpc) is 2.53. The first-order valence-electron chi connectivity index (χ1n) is 4.72. The summed E-state index contributed by atoms with van der Waals surface area (Å²) in [5, 5.41) is 2.39. The van der Waals surface area contributed by atoms with E-state index in [-0.39, 0.29) is 17.4 Å². The number of halogens is 1. The fraction of sp³-hybridized carbons (Fsp3) is 0.273. The van der Waals surface area contributed by atoms with Crippen molar-refractivity contribution in [3.63, 3.8) is 0 Å². The van der Waals surface area contributed by atoms with Crippen LogP contribution in [0.15, 0.2) is 12.1 Å². The molecule has 0 saturated carbocycles. The normalized spacial score (nSPS) is 13.9. The molecule has 0 spiro atoms. The summed E-state index contributed by atoms with van der Waals surface area (Å²) in [4.78, 5) is 22.1. The molecule has 1 N–H and O–H groups in total. The number of Topliss-reactive ketones (excluding diaryl/α,β-unsaturated/α-hetero) is 1. The summed E-state index contributed by atoms with van der Waals surface area (Å²) in [6.07, 6.45) is 0.781. The third-order valence-electron chi connectivity index (χ3n) is 2.46. The lowest BCUT2D eigenvalue weighted by atomic mass is 10.1. The van der Waals surface area contributed by atoms with E-state index in [0.717, 1.165) is 0 Å². The quantitative estimate of drug-likeness (QED) is 0.764. The molecule has 78 valence electrons. The minimum absolute atomic E-state index is 0.0294. The number of nitrogens with one attached hydrogen (secondary N) is 1. The molecule has 0 fully saturated rings. The molecule has 0 atom stereocenters. The number of anilines is 1. The van der Waals surface area contributed by atoms with Crippen LogP contribution in [0.25, 0.3) is 0 Å². The molecule has 2 rings (SSSR count). The number of amides is 1. The van der Waals surface area contributed by atoms with Crippen LogP contribution in [0.5, 0.6) is 0 Å². The van der Waals surface area contributed by atoms with Gasteiger partial charge in [0, 0.05) is 24.5 Å². The summed E-state index contributed by atoms with van der Waals surface area (Å²) in [6, 6.07) is 3.00. The maximum absolute atomic E-state index is 13.7. The van der Waals surface area contributed by atoms with Crippen molar-refractivity contribution in [3.05, 3.63) is 29.1 Å². The van der Waals surface area contributed by atoms with Gasteiger partial charge in [-0.05, 0) is 18.6 Å². The summed E-state index contributed by atoms with van der Waals surface area (Å²) in [7, 11) is 0. The number of carbonyl (C=O) groups excluding carboxylic acids is 2. The Morgan fingerprint density at radius 3 is 2.80 bits per heavy atom. The van der Waals surface area contributed by atoms with Crippen LogP contribution >= 0.6 is 0 Å². The second-order valence-electron chi connectivity index (χ2n) is 3.56. The van der Waals surface area contributed by atoms with Crippen LogP contribution < -0.4 is 5.32 Å². The zero-order chi connectivity index (χ0) is 11.0. The minimum Gasteiger partial charge on any atom is -0.324 e. The van der Waals surface area contributed by atoms with Crippen molar-refractivity contribution in [2.75, 3.05) is 5.32 Å². The van der Waals surface area contributed by atoms with Crippen LogP contribution in [0.3, 0.4) is 0 Å². The van der Waals surface area contributed by atoms with E-state index in [0.29, 0.717) is 24.0 Å². The van der Waals surface area contributed by atoms with Gasteiger partial charge < -0.3 is 5.32 Å². The number of rotatable bonds is 1. The fourth-order valence-corrected chi connectivity index (χ4v) is 1.79. The van der Waals surface area contributed by atoms with Gasteiger partial charge in [0.2, 0.25) is 5.91 Å². The third-order valence-corrected chi connectivity index (χ3v) is 2.46. The van der Waals surface area contributed by atoms with Gasteiger partial charge in [-0.2, -0.15) is 0 Å². The highest BCUT2D eigenvalue weighted by Gasteiger charge is 2.24. The third kappa shape index (κ3) is 1.63. The number of hydrogen-bond acceptors (Lipinski definition) is 2. The Kier molecular flexibility index (Phi) is 2.26. The van der Waals surface area contributed by atoms with Gasteiger partial charge >= 0.3 is 0 Å². The molecule has 1 aromatic rings. The van der Waals surface area contributed by atoms with Crippen molar-refractivity contribution < 1.29 is 14.0 Å². The van der Waals surface area contributed by atoms with Crippen LogP contribution in [0.2, 0.25) is 0 Å². The largest absolute Gasteiger partial charge is 0.324 e. The first-order valence-corrected chi connectivity index (χ1v) is 4.72. The second kappa shape index (κ2) is 3.46. The average molecular weight is 207 g/mol. The van der Waals surface area contributed by atoms with Crippen LogP contribution in [0, 0.1) is 5.82 Å². The summed E-state index contributed by atoms with van der Waals surface area (Å²) >= 11 is 0. The van der Waals surface area contributed by atoms with Crippen molar-refractivity contribution in [3.8, 4) is 0 Å². The van der Waals surface area contributed by atoms with Gasteiger partial charge in [-0.25, -0.2) is 4.39 Å². The monoisotopic (exact) mass is 207 g/mol. The van der Waals surface area contributed by atoms with Crippen molar-refractivity contribution in [1.29, 1.82) is 0 Å². The standard InChI is InChI=1S/C11H10FNO2/c1-6(14)13-9-4-2-7-8(11(9)12)3-5-10(7)15/h2,4H,3,5H2,1H3,(H,13,14). The lowest BCUT2D eigenvalue weighted by Crippen LogP contribution is -2.09. The Labute approximate surface area is 86.3 Å². The van der Waals surface area contributed by atoms with Gasteiger partial charge in [0.1, 0.15) is 0 Å². The fourth-order valence-electron chi connectivity index (χ4n) is 1.79. The maximum atomic E-state index is 13.7. The number of benzene rings is 1. The van der Waals surface area contributed by atoms with Gasteiger partial charge in [-0.1, -0.05) is 0 Å². The van der Waals surface area contributed by atoms with Gasteiger partial charge in [0.05, 0.1) is 5.69 Å². The van der Waals surface area contributed by atoms with Gasteiger partial charge in [0.25, 0.3) is 0 Å². The number of fused-ring (bicyclic) bond motifs is 1. The molecular formula is C11H10FNO2. The van der Waals surface area contributed by atoms with Crippen LogP contribution in [0.1, 0.15) is 29.3 Å². The van der Waals surface area contributed by atoms with E-state index in [2.05, 4.69) is 5.32 Å². The molecule has 15 heavy (non-hydrogen) atoms. The van der Waals surface area contributed by atoms with Gasteiger partial charge in [-0.15, -0.1) is 0 Å². The Balaban J connectivity index is 2.46. The molecule has 0 unspecified atom stereocenters. The predicted molar refractivity (Wildman–Crippen MR) is 53.4 cm³/mol. The number of ketones is 1. The predicted octanol–water partition coefficient (Wildman–Crippen LogP) is 1.91. The SMILES string of the molecule is CC(=O)Nc1ccc2c(c1F)CCC2=O. The second-order valence-corrected chi connectivity index (χ2v) is 3.56. The first kappa shape index (κ1) is 9.83. The van der Waals surface area contributed by atoms with E-state index in [4.69, 9.17) is 0 Å². The number of hydrogen-bond donors (Lipinski definition) is 1. The lowest BCUT2D eigenvalue weighted by Gasteiger charge is -2.07. The van der Waals surface area contributed by atoms with E-state index in [1.807, 2.05) is 0 Å². The molecule has 1 amide bonds. The highest BCUT2D eigenvalue weighted by atomic mass is 19.1. The van der Waals surface area contributed by atoms with Crippen LogP contribution in [0.4, 0.5) is 10.1 Å². The molecule has 0 aromatic heterocycles. The van der Waals surface area contributed by atoms with E-state index in [1.54, 1.807) is 6.07 Å². The van der Waals surface area contributed by atoms with Crippen molar-refractivity contribution in [2.45, 2.75) is 19.8 Å². The zero-order valence-electron chi connectivity index (χ0n) is 8.26. The molecule has 1 aliphatic carbocycles. The van der Waals surface area contributed by atoms with Crippen molar-refractivity contribution >= 4 is 17.4 Å². The summed E-state index contributed by atoms with van der Waals surface area (Å²) in [5.74, 6) is -0.829. The highest BCUT2D eigenvalue weighted by molar-refractivity contribution is 6.01. The van der Waals surface area contributed by atoms with Gasteiger partial charge in [0.15, 0.2) is 11.6 Å². The molecule has 4 heteroatoms. The zero-order valence-corrected chi connectivity index (χ0v) is 8.26. The Bertz CT molecular complexity index is 454. The first-order chi connectivity index (χ1) is 7.09. The Morgan fingerprint density at radius 1 is 1.40 bits per heavy atom. The van der Waals surface area contributed by atoms with E-state index >= 15 is 0 Å². The van der Waals surface area contributed by atoms with E-state index in [9.17, 15) is 14.0 Å². The summed E-state index contributed by atoms with van der Waals surface area (Å²) in [6.45, 7) is 1.32. The van der Waals surface area contributed by atoms with E-state index < -0.39 is 5.82 Å². The minimum atomic E-state index is -0.478. The van der Waals surface area contributed by atoms with E-state index in [1.165, 1.54) is 13.0 Å². The maximum Gasteiger partial charge on any atom is 0.221 e. The van der Waals surface area contributed by atoms with Crippen LogP contribution in [-0.2, 0) is 11.2 Å². The van der Waals surface area contributed by atoms with Crippen molar-refractivity contribution in [2.24, 2.45) is 0 Å². The summed E-state index contributed by atoms with van der Waals surface area (Å²) < 4.78 is 13.7. The Morgan fingerprint density at radius 2 is 2.13 bits per heavy atom. The lowest BCUT2D eigenvalue weighted by molar-refractivity contribution is -0.114.